The lowest BCUT2D eigenvalue weighted by Crippen LogP contribution is -2.40. The highest BCUT2D eigenvalue weighted by atomic mass is 127. The number of guanidine groups is 1. The topological polar surface area (TPSA) is 78.9 Å². The van der Waals surface area contributed by atoms with Crippen LogP contribution in [0.25, 0.3) is 0 Å². The van der Waals surface area contributed by atoms with Gasteiger partial charge in [-0.2, -0.15) is 0 Å². The van der Waals surface area contributed by atoms with Crippen molar-refractivity contribution in [2.24, 2.45) is 4.99 Å². The van der Waals surface area contributed by atoms with Crippen molar-refractivity contribution >= 4 is 47.2 Å². The molecule has 9 heteroatoms. The van der Waals surface area contributed by atoms with Crippen molar-refractivity contribution in [2.45, 2.75) is 45.9 Å². The van der Waals surface area contributed by atoms with Crippen LogP contribution in [0.3, 0.4) is 0 Å². The number of halogens is 1. The van der Waals surface area contributed by atoms with Gasteiger partial charge in [-0.1, -0.05) is 0 Å². The van der Waals surface area contributed by atoms with Crippen molar-refractivity contribution in [3.63, 3.8) is 0 Å². The number of thiazole rings is 1. The van der Waals surface area contributed by atoms with Gasteiger partial charge in [0.05, 0.1) is 12.2 Å². The van der Waals surface area contributed by atoms with Gasteiger partial charge in [0.15, 0.2) is 5.96 Å². The summed E-state index contributed by atoms with van der Waals surface area (Å²) in [4.78, 5) is 22.5. The molecule has 0 bridgehead atoms. The summed E-state index contributed by atoms with van der Waals surface area (Å²) in [7, 11) is 5.36. The normalized spacial score (nSPS) is 12.5. The number of hydrogen-bond acceptors (Lipinski definition) is 5. The number of aliphatic imine (C=N–C) groups is 1. The summed E-state index contributed by atoms with van der Waals surface area (Å²) in [5.74, 6) is 0.773. The number of amides is 1. The molecule has 0 aliphatic heterocycles. The molecule has 1 aromatic rings. The van der Waals surface area contributed by atoms with E-state index in [1.165, 1.54) is 0 Å². The first kappa shape index (κ1) is 24.1. The van der Waals surface area contributed by atoms with Crippen LogP contribution in [-0.2, 0) is 16.1 Å². The minimum atomic E-state index is 0. The Kier molecular flexibility index (Phi) is 12.0. The van der Waals surface area contributed by atoms with Gasteiger partial charge in [0.2, 0.25) is 5.91 Å². The average Bonchev–Trinajstić information content (AvgIpc) is 2.98. The number of rotatable bonds is 8. The SMILES string of the molecule is CN=C(NCCC(=O)NC(C)C)N(C)Cc1csc(C(C)OC)n1.I. The maximum absolute atomic E-state index is 11.7. The molecule has 1 aromatic heterocycles. The minimum Gasteiger partial charge on any atom is -0.375 e. The molecular weight excluding hydrogens is 453 g/mol. The van der Waals surface area contributed by atoms with Gasteiger partial charge in [0, 0.05) is 45.6 Å². The fourth-order valence-electron chi connectivity index (χ4n) is 2.07. The summed E-state index contributed by atoms with van der Waals surface area (Å²) in [6.07, 6.45) is 0.419. The molecule has 1 heterocycles. The molecule has 0 saturated carbocycles. The molecule has 0 fully saturated rings. The Bertz CT molecular complexity index is 550. The molecule has 0 aromatic carbocycles. The van der Waals surface area contributed by atoms with Gasteiger partial charge in [-0.15, -0.1) is 35.3 Å². The summed E-state index contributed by atoms with van der Waals surface area (Å²) >= 11 is 1.59. The first-order valence-electron chi connectivity index (χ1n) is 8.05. The first-order valence-corrected chi connectivity index (χ1v) is 8.93. The molecule has 1 unspecified atom stereocenters. The molecule has 1 rings (SSSR count). The Labute approximate surface area is 171 Å². The number of aromatic nitrogens is 1. The van der Waals surface area contributed by atoms with Crippen LogP contribution >= 0.6 is 35.3 Å². The van der Waals surface area contributed by atoms with E-state index in [4.69, 9.17) is 4.74 Å². The highest BCUT2D eigenvalue weighted by Gasteiger charge is 2.13. The lowest BCUT2D eigenvalue weighted by atomic mass is 10.3. The third kappa shape index (κ3) is 8.82. The monoisotopic (exact) mass is 483 g/mol. The van der Waals surface area contributed by atoms with Crippen molar-refractivity contribution in [2.75, 3.05) is 27.7 Å². The molecule has 25 heavy (non-hydrogen) atoms. The van der Waals surface area contributed by atoms with Crippen LogP contribution in [0.2, 0.25) is 0 Å². The zero-order valence-corrected chi connectivity index (χ0v) is 19.0. The van der Waals surface area contributed by atoms with Crippen molar-refractivity contribution in [3.05, 3.63) is 16.1 Å². The number of carbonyl (C=O) groups is 1. The first-order chi connectivity index (χ1) is 11.4. The predicted octanol–water partition coefficient (Wildman–Crippen LogP) is 2.39. The molecular formula is C16H30IN5O2S. The second kappa shape index (κ2) is 12.4. The van der Waals surface area contributed by atoms with Crippen LogP contribution in [0.5, 0.6) is 0 Å². The van der Waals surface area contributed by atoms with Crippen molar-refractivity contribution < 1.29 is 9.53 Å². The van der Waals surface area contributed by atoms with Crippen molar-refractivity contribution in [3.8, 4) is 0 Å². The van der Waals surface area contributed by atoms with Gasteiger partial charge in [-0.3, -0.25) is 9.79 Å². The van der Waals surface area contributed by atoms with Crippen molar-refractivity contribution in [1.29, 1.82) is 0 Å². The molecule has 0 spiro atoms. The molecule has 1 atom stereocenters. The molecule has 144 valence electrons. The van der Waals surface area contributed by atoms with E-state index in [0.29, 0.717) is 19.5 Å². The van der Waals surface area contributed by atoms with Gasteiger partial charge in [0.25, 0.3) is 0 Å². The van der Waals surface area contributed by atoms with Gasteiger partial charge in [0.1, 0.15) is 11.1 Å². The molecule has 0 radical (unpaired) electrons. The Morgan fingerprint density at radius 3 is 2.68 bits per heavy atom. The highest BCUT2D eigenvalue weighted by Crippen LogP contribution is 2.20. The summed E-state index contributed by atoms with van der Waals surface area (Å²) in [6.45, 7) is 7.06. The second-order valence-electron chi connectivity index (χ2n) is 5.86. The van der Waals surface area contributed by atoms with E-state index >= 15 is 0 Å². The Balaban J connectivity index is 0.00000576. The number of carbonyl (C=O) groups excluding carboxylic acids is 1. The molecule has 0 aliphatic rings. The van der Waals surface area contributed by atoms with E-state index < -0.39 is 0 Å². The van der Waals surface area contributed by atoms with E-state index in [0.717, 1.165) is 16.7 Å². The minimum absolute atomic E-state index is 0. The molecule has 7 nitrogen and oxygen atoms in total. The molecule has 0 aliphatic carbocycles. The van der Waals surface area contributed by atoms with Crippen LogP contribution in [0, 0.1) is 0 Å². The standard InChI is InChI=1S/C16H29N5O2S.HI/c1-11(2)19-14(22)7-8-18-16(17-4)21(5)9-13-10-24-15(20-13)12(3)23-6;/h10-12H,7-9H2,1-6H3,(H,17,18)(H,19,22);1H. The van der Waals surface area contributed by atoms with Gasteiger partial charge in [-0.25, -0.2) is 4.98 Å². The largest absolute Gasteiger partial charge is 0.375 e. The summed E-state index contributed by atoms with van der Waals surface area (Å²) in [6, 6.07) is 0.160. The van der Waals surface area contributed by atoms with E-state index in [2.05, 4.69) is 20.6 Å². The molecule has 0 saturated heterocycles. The quantitative estimate of drug-likeness (QED) is 0.337. The third-order valence-electron chi connectivity index (χ3n) is 3.33. The maximum atomic E-state index is 11.7. The van der Waals surface area contributed by atoms with Gasteiger partial charge < -0.3 is 20.3 Å². The van der Waals surface area contributed by atoms with Crippen LogP contribution in [0.1, 0.15) is 44.0 Å². The average molecular weight is 483 g/mol. The van der Waals surface area contributed by atoms with Crippen LogP contribution in [0.15, 0.2) is 10.4 Å². The fourth-order valence-corrected chi connectivity index (χ4v) is 2.91. The van der Waals surface area contributed by atoms with Gasteiger partial charge >= 0.3 is 0 Å². The highest BCUT2D eigenvalue weighted by molar-refractivity contribution is 14.0. The maximum Gasteiger partial charge on any atom is 0.221 e. The Morgan fingerprint density at radius 1 is 1.44 bits per heavy atom. The van der Waals surface area contributed by atoms with Crippen LogP contribution in [0.4, 0.5) is 0 Å². The lowest BCUT2D eigenvalue weighted by molar-refractivity contribution is -0.121. The fraction of sp³-hybridized carbons (Fsp3) is 0.688. The van der Waals surface area contributed by atoms with Crippen LogP contribution < -0.4 is 10.6 Å². The van der Waals surface area contributed by atoms with Crippen LogP contribution in [-0.4, -0.2) is 55.5 Å². The summed E-state index contributed by atoms with van der Waals surface area (Å²) < 4.78 is 5.29. The smallest absolute Gasteiger partial charge is 0.221 e. The van der Waals surface area contributed by atoms with E-state index in [9.17, 15) is 4.79 Å². The third-order valence-corrected chi connectivity index (χ3v) is 4.38. The summed E-state index contributed by atoms with van der Waals surface area (Å²) in [5.41, 5.74) is 0.974. The Morgan fingerprint density at radius 2 is 2.12 bits per heavy atom. The van der Waals surface area contributed by atoms with E-state index in [-0.39, 0.29) is 42.0 Å². The summed E-state index contributed by atoms with van der Waals surface area (Å²) in [5, 5.41) is 9.07. The number of nitrogens with one attached hydrogen (secondary N) is 2. The molecule has 2 N–H and O–H groups in total. The van der Waals surface area contributed by atoms with Gasteiger partial charge in [-0.05, 0) is 20.8 Å². The number of hydrogen-bond donors (Lipinski definition) is 2. The number of nitrogens with zero attached hydrogens (tertiary/aromatic N) is 3. The Hall–Kier alpha value is -0.940. The second-order valence-corrected chi connectivity index (χ2v) is 6.75. The predicted molar refractivity (Wildman–Crippen MR) is 114 cm³/mol. The number of methoxy groups -OCH3 is 1. The zero-order chi connectivity index (χ0) is 18.1. The van der Waals surface area contributed by atoms with E-state index in [1.807, 2.05) is 38.1 Å². The van der Waals surface area contributed by atoms with E-state index in [1.54, 1.807) is 25.5 Å². The lowest BCUT2D eigenvalue weighted by Gasteiger charge is -2.21. The zero-order valence-electron chi connectivity index (χ0n) is 15.8. The molecule has 1 amide bonds. The number of ether oxygens (including phenoxy) is 1. The van der Waals surface area contributed by atoms with Crippen molar-refractivity contribution in [1.82, 2.24) is 20.5 Å².